The maximum atomic E-state index is 6.05. The van der Waals surface area contributed by atoms with Crippen LogP contribution < -0.4 is 5.32 Å². The van der Waals surface area contributed by atoms with Crippen molar-refractivity contribution in [1.29, 1.82) is 0 Å². The normalized spacial score (nSPS) is 26.9. The summed E-state index contributed by atoms with van der Waals surface area (Å²) < 4.78 is 11.9. The Morgan fingerprint density at radius 1 is 1.07 bits per heavy atom. The first-order chi connectivity index (χ1) is 14.7. The molecule has 0 amide bonds. The number of nitrogens with one attached hydrogen (secondary N) is 1. The van der Waals surface area contributed by atoms with E-state index in [-0.39, 0.29) is 12.2 Å². The second-order valence-corrected chi connectivity index (χ2v) is 8.77. The van der Waals surface area contributed by atoms with Crippen LogP contribution in [0.15, 0.2) is 29.3 Å². The van der Waals surface area contributed by atoms with Gasteiger partial charge in [0.2, 0.25) is 0 Å². The molecule has 0 bridgehead atoms. The third-order valence-corrected chi connectivity index (χ3v) is 6.57. The summed E-state index contributed by atoms with van der Waals surface area (Å²) >= 11 is 0. The summed E-state index contributed by atoms with van der Waals surface area (Å²) in [6.07, 6.45) is 5.22. The zero-order chi connectivity index (χ0) is 20.8. The average Bonchev–Trinajstić information content (AvgIpc) is 3.49. The summed E-state index contributed by atoms with van der Waals surface area (Å²) in [5.74, 6) is 1.01. The molecule has 6 nitrogen and oxygen atoms in total. The van der Waals surface area contributed by atoms with Crippen molar-refractivity contribution in [3.8, 4) is 0 Å². The van der Waals surface area contributed by atoms with Crippen LogP contribution in [0, 0.1) is 6.92 Å². The standard InChI is InChI=1S/C24H38N4O2/c1-3-25-24(28-14-16-30-23(18-28)22-7-6-15-29-22)26-17-21(27-12-4-5-13-27)20-10-8-19(2)9-11-20/h8-11,21-23H,3-7,12-18H2,1-2H3,(H,25,26). The second kappa shape index (κ2) is 10.6. The van der Waals surface area contributed by atoms with E-state index in [1.807, 2.05) is 0 Å². The number of aryl methyl sites for hydroxylation is 1. The number of guanidine groups is 1. The Morgan fingerprint density at radius 3 is 2.53 bits per heavy atom. The van der Waals surface area contributed by atoms with Gasteiger partial charge in [-0.1, -0.05) is 29.8 Å². The third-order valence-electron chi connectivity index (χ3n) is 6.57. The van der Waals surface area contributed by atoms with E-state index in [9.17, 15) is 0 Å². The number of nitrogens with zero attached hydrogens (tertiary/aromatic N) is 3. The first-order valence-corrected chi connectivity index (χ1v) is 11.8. The topological polar surface area (TPSA) is 49.3 Å². The lowest BCUT2D eigenvalue weighted by atomic mass is 10.0. The van der Waals surface area contributed by atoms with Crippen molar-refractivity contribution in [1.82, 2.24) is 15.1 Å². The van der Waals surface area contributed by atoms with Crippen LogP contribution in [0.4, 0.5) is 0 Å². The van der Waals surface area contributed by atoms with E-state index in [1.54, 1.807) is 0 Å². The minimum atomic E-state index is 0.150. The molecule has 166 valence electrons. The van der Waals surface area contributed by atoms with E-state index in [0.717, 1.165) is 58.2 Å². The second-order valence-electron chi connectivity index (χ2n) is 8.77. The molecule has 3 aliphatic rings. The fraction of sp³-hybridized carbons (Fsp3) is 0.708. The number of hydrogen-bond acceptors (Lipinski definition) is 4. The van der Waals surface area contributed by atoms with Crippen molar-refractivity contribution in [3.63, 3.8) is 0 Å². The Hall–Kier alpha value is -1.63. The Balaban J connectivity index is 1.48. The largest absolute Gasteiger partial charge is 0.375 e. The zero-order valence-corrected chi connectivity index (χ0v) is 18.7. The Bertz CT molecular complexity index is 681. The molecule has 4 rings (SSSR count). The number of hydrogen-bond donors (Lipinski definition) is 1. The predicted molar refractivity (Wildman–Crippen MR) is 121 cm³/mol. The van der Waals surface area contributed by atoms with Crippen molar-refractivity contribution < 1.29 is 9.47 Å². The number of aliphatic imine (C=N–C) groups is 1. The van der Waals surface area contributed by atoms with Crippen LogP contribution in [0.2, 0.25) is 0 Å². The Labute approximate surface area is 181 Å². The van der Waals surface area contributed by atoms with Crippen molar-refractivity contribution >= 4 is 5.96 Å². The number of rotatable bonds is 6. The highest BCUT2D eigenvalue weighted by Crippen LogP contribution is 2.26. The van der Waals surface area contributed by atoms with E-state index in [2.05, 4.69) is 53.2 Å². The molecule has 3 aliphatic heterocycles. The molecule has 3 unspecified atom stereocenters. The number of morpholine rings is 1. The summed E-state index contributed by atoms with van der Waals surface area (Å²) in [6.45, 7) is 11.6. The van der Waals surface area contributed by atoms with E-state index in [4.69, 9.17) is 14.5 Å². The van der Waals surface area contributed by atoms with Crippen LogP contribution in [0.5, 0.6) is 0 Å². The fourth-order valence-electron chi connectivity index (χ4n) is 4.86. The maximum Gasteiger partial charge on any atom is 0.194 e. The van der Waals surface area contributed by atoms with E-state index in [0.29, 0.717) is 6.04 Å². The first kappa shape index (κ1) is 21.6. The van der Waals surface area contributed by atoms with Gasteiger partial charge in [-0.2, -0.15) is 0 Å². The summed E-state index contributed by atoms with van der Waals surface area (Å²) in [6, 6.07) is 9.35. The summed E-state index contributed by atoms with van der Waals surface area (Å²) in [7, 11) is 0. The molecule has 0 radical (unpaired) electrons. The molecule has 0 aliphatic carbocycles. The van der Waals surface area contributed by atoms with Crippen LogP contribution in [0.25, 0.3) is 0 Å². The van der Waals surface area contributed by atoms with Crippen molar-refractivity contribution in [2.75, 3.05) is 52.5 Å². The summed E-state index contributed by atoms with van der Waals surface area (Å²) in [5, 5.41) is 3.53. The molecule has 1 N–H and O–H groups in total. The van der Waals surface area contributed by atoms with Crippen LogP contribution >= 0.6 is 0 Å². The highest BCUT2D eigenvalue weighted by Gasteiger charge is 2.32. The first-order valence-electron chi connectivity index (χ1n) is 11.8. The molecule has 3 atom stereocenters. The van der Waals surface area contributed by atoms with E-state index >= 15 is 0 Å². The van der Waals surface area contributed by atoms with Crippen molar-refractivity contribution in [2.45, 2.75) is 57.8 Å². The lowest BCUT2D eigenvalue weighted by Crippen LogP contribution is -2.53. The molecule has 0 spiro atoms. The molecule has 3 heterocycles. The quantitative estimate of drug-likeness (QED) is 0.573. The SMILES string of the molecule is CCNC(=NCC(c1ccc(C)cc1)N1CCCC1)N1CCOC(C2CCCO2)C1. The molecule has 1 aromatic rings. The maximum absolute atomic E-state index is 6.05. The minimum absolute atomic E-state index is 0.150. The van der Waals surface area contributed by atoms with Crippen molar-refractivity contribution in [2.24, 2.45) is 4.99 Å². The number of likely N-dealkylation sites (tertiary alicyclic amines) is 1. The number of benzene rings is 1. The van der Waals surface area contributed by atoms with Crippen LogP contribution in [0.1, 0.15) is 49.8 Å². The molecular weight excluding hydrogens is 376 g/mol. The molecule has 30 heavy (non-hydrogen) atoms. The van der Waals surface area contributed by atoms with E-state index in [1.165, 1.54) is 37.1 Å². The molecule has 3 fully saturated rings. The molecule has 3 saturated heterocycles. The lowest BCUT2D eigenvalue weighted by molar-refractivity contribution is -0.0817. The fourth-order valence-corrected chi connectivity index (χ4v) is 4.86. The minimum Gasteiger partial charge on any atom is -0.375 e. The highest BCUT2D eigenvalue weighted by atomic mass is 16.5. The van der Waals surface area contributed by atoms with Gasteiger partial charge in [-0.15, -0.1) is 0 Å². The van der Waals surface area contributed by atoms with E-state index < -0.39 is 0 Å². The summed E-state index contributed by atoms with van der Waals surface area (Å²) in [4.78, 5) is 10.1. The van der Waals surface area contributed by atoms with Gasteiger partial charge in [0, 0.05) is 26.2 Å². The molecule has 6 heteroatoms. The van der Waals surface area contributed by atoms with Gasteiger partial charge < -0.3 is 19.7 Å². The summed E-state index contributed by atoms with van der Waals surface area (Å²) in [5.41, 5.74) is 2.69. The van der Waals surface area contributed by atoms with Crippen LogP contribution in [-0.2, 0) is 9.47 Å². The van der Waals surface area contributed by atoms with Gasteiger partial charge in [-0.25, -0.2) is 0 Å². The van der Waals surface area contributed by atoms with Gasteiger partial charge in [0.05, 0.1) is 25.3 Å². The predicted octanol–water partition coefficient (Wildman–Crippen LogP) is 2.98. The number of ether oxygens (including phenoxy) is 2. The van der Waals surface area contributed by atoms with Gasteiger partial charge in [-0.3, -0.25) is 9.89 Å². The van der Waals surface area contributed by atoms with Gasteiger partial charge in [0.25, 0.3) is 0 Å². The smallest absolute Gasteiger partial charge is 0.194 e. The molecule has 0 saturated carbocycles. The molecule has 1 aromatic carbocycles. The lowest BCUT2D eigenvalue weighted by Gasteiger charge is -2.37. The van der Waals surface area contributed by atoms with Crippen LogP contribution in [0.3, 0.4) is 0 Å². The van der Waals surface area contributed by atoms with Gasteiger partial charge in [-0.05, 0) is 58.2 Å². The Morgan fingerprint density at radius 2 is 1.83 bits per heavy atom. The molecule has 0 aromatic heterocycles. The third kappa shape index (κ3) is 5.34. The van der Waals surface area contributed by atoms with Gasteiger partial charge in [0.15, 0.2) is 5.96 Å². The molecular formula is C24H38N4O2. The zero-order valence-electron chi connectivity index (χ0n) is 18.7. The van der Waals surface area contributed by atoms with Crippen LogP contribution in [-0.4, -0.2) is 80.4 Å². The highest BCUT2D eigenvalue weighted by molar-refractivity contribution is 5.80. The average molecular weight is 415 g/mol. The van der Waals surface area contributed by atoms with Gasteiger partial charge >= 0.3 is 0 Å². The monoisotopic (exact) mass is 414 g/mol. The Kier molecular flexibility index (Phi) is 7.63. The van der Waals surface area contributed by atoms with Crippen molar-refractivity contribution in [3.05, 3.63) is 35.4 Å². The van der Waals surface area contributed by atoms with Gasteiger partial charge in [0.1, 0.15) is 6.10 Å².